The summed E-state index contributed by atoms with van der Waals surface area (Å²) in [5, 5.41) is 18.4. The Morgan fingerprint density at radius 1 is 1.19 bits per heavy atom. The average Bonchev–Trinajstić information content (AvgIpc) is 3.28. The number of aromatic nitrogens is 4. The van der Waals surface area contributed by atoms with Gasteiger partial charge in [-0.2, -0.15) is 0 Å². The lowest BCUT2D eigenvalue weighted by Crippen LogP contribution is -2.50. The number of halogens is 1. The van der Waals surface area contributed by atoms with Gasteiger partial charge in [-0.1, -0.05) is 28.9 Å². The van der Waals surface area contributed by atoms with Gasteiger partial charge in [0, 0.05) is 17.8 Å². The van der Waals surface area contributed by atoms with Gasteiger partial charge in [0.1, 0.15) is 5.69 Å². The van der Waals surface area contributed by atoms with Gasteiger partial charge in [0.15, 0.2) is 0 Å². The summed E-state index contributed by atoms with van der Waals surface area (Å²) < 4.78 is 35.8. The fourth-order valence-electron chi connectivity index (χ4n) is 3.70. The summed E-state index contributed by atoms with van der Waals surface area (Å²) in [5.41, 5.74) is 1.45. The Morgan fingerprint density at radius 2 is 2.06 bits per heavy atom. The van der Waals surface area contributed by atoms with Gasteiger partial charge < -0.3 is 9.84 Å². The first-order chi connectivity index (χ1) is 15.4. The van der Waals surface area contributed by atoms with Crippen LogP contribution in [0.2, 0.25) is 5.02 Å². The Bertz CT molecular complexity index is 1140. The highest BCUT2D eigenvalue weighted by molar-refractivity contribution is 7.89. The molecule has 2 N–H and O–H groups in total. The van der Waals surface area contributed by atoms with E-state index in [0.29, 0.717) is 36.5 Å². The molecular formula is C21H24ClN5O4S. The molecule has 0 saturated carbocycles. The minimum absolute atomic E-state index is 0.0821. The largest absolute Gasteiger partial charge is 0.394 e. The van der Waals surface area contributed by atoms with Crippen molar-refractivity contribution in [2.24, 2.45) is 0 Å². The van der Waals surface area contributed by atoms with Crippen molar-refractivity contribution in [2.75, 3.05) is 6.61 Å². The lowest BCUT2D eigenvalue weighted by molar-refractivity contribution is -0.0891. The van der Waals surface area contributed by atoms with E-state index in [9.17, 15) is 13.5 Å². The molecule has 0 spiro atoms. The summed E-state index contributed by atoms with van der Waals surface area (Å²) in [6.07, 6.45) is 4.64. The van der Waals surface area contributed by atoms with E-state index in [-0.39, 0.29) is 17.6 Å². The van der Waals surface area contributed by atoms with Crippen LogP contribution in [0.3, 0.4) is 0 Å². The van der Waals surface area contributed by atoms with Crippen molar-refractivity contribution in [1.29, 1.82) is 0 Å². The van der Waals surface area contributed by atoms with Gasteiger partial charge in [-0.25, -0.2) is 13.1 Å². The van der Waals surface area contributed by atoms with E-state index in [2.05, 4.69) is 20.0 Å². The Kier molecular flexibility index (Phi) is 7.17. The second-order valence-electron chi connectivity index (χ2n) is 7.61. The summed E-state index contributed by atoms with van der Waals surface area (Å²) in [7, 11) is -3.78. The average molecular weight is 478 g/mol. The van der Waals surface area contributed by atoms with Crippen LogP contribution >= 0.6 is 11.6 Å². The van der Waals surface area contributed by atoms with Crippen LogP contribution < -0.4 is 4.72 Å². The van der Waals surface area contributed by atoms with Crippen LogP contribution in [0.1, 0.15) is 19.3 Å². The zero-order chi connectivity index (χ0) is 22.6. The van der Waals surface area contributed by atoms with Gasteiger partial charge in [-0.15, -0.1) is 5.10 Å². The second-order valence-corrected chi connectivity index (χ2v) is 9.76. The van der Waals surface area contributed by atoms with E-state index in [1.165, 1.54) is 12.1 Å². The molecule has 1 aliphatic heterocycles. The third-order valence-electron chi connectivity index (χ3n) is 5.35. The predicted octanol–water partition coefficient (Wildman–Crippen LogP) is 2.27. The van der Waals surface area contributed by atoms with Gasteiger partial charge in [0.2, 0.25) is 10.0 Å². The van der Waals surface area contributed by atoms with E-state index in [0.717, 1.165) is 5.69 Å². The minimum atomic E-state index is -3.78. The van der Waals surface area contributed by atoms with Gasteiger partial charge in [0.25, 0.3) is 0 Å². The lowest BCUT2D eigenvalue weighted by atomic mass is 9.98. The predicted molar refractivity (Wildman–Crippen MR) is 118 cm³/mol. The first-order valence-electron chi connectivity index (χ1n) is 10.3. The maximum Gasteiger partial charge on any atom is 0.240 e. The molecule has 3 aromatic rings. The zero-order valence-electron chi connectivity index (χ0n) is 17.2. The van der Waals surface area contributed by atoms with Crippen molar-refractivity contribution in [2.45, 2.75) is 49.0 Å². The zero-order valence-corrected chi connectivity index (χ0v) is 18.8. The number of hydrogen-bond acceptors (Lipinski definition) is 7. The Hall–Kier alpha value is -2.37. The number of aliphatic hydroxyl groups is 1. The van der Waals surface area contributed by atoms with Crippen LogP contribution in [0.15, 0.2) is 59.8 Å². The van der Waals surface area contributed by atoms with Crippen LogP contribution in [0.4, 0.5) is 0 Å². The third kappa shape index (κ3) is 5.51. The number of nitrogens with one attached hydrogen (secondary N) is 1. The number of sulfonamides is 1. The van der Waals surface area contributed by atoms with Gasteiger partial charge in [-0.3, -0.25) is 9.67 Å². The number of ether oxygens (including phenoxy) is 1. The number of aryl methyl sites for hydroxylation is 1. The summed E-state index contributed by atoms with van der Waals surface area (Å²) in [6, 6.07) is 11.1. The topological polar surface area (TPSA) is 119 Å². The van der Waals surface area contributed by atoms with Crippen molar-refractivity contribution in [3.63, 3.8) is 0 Å². The van der Waals surface area contributed by atoms with E-state index in [4.69, 9.17) is 16.3 Å². The van der Waals surface area contributed by atoms with Crippen molar-refractivity contribution in [1.82, 2.24) is 24.7 Å². The minimum Gasteiger partial charge on any atom is -0.394 e. The first kappa shape index (κ1) is 22.8. The molecule has 0 amide bonds. The number of aliphatic hydroxyl groups excluding tert-OH is 1. The van der Waals surface area contributed by atoms with Crippen LogP contribution in [0, 0.1) is 0 Å². The van der Waals surface area contributed by atoms with Crippen LogP contribution in [-0.2, 0) is 21.3 Å². The van der Waals surface area contributed by atoms with Crippen LogP contribution in [0.25, 0.3) is 11.4 Å². The van der Waals surface area contributed by atoms with Crippen molar-refractivity contribution >= 4 is 21.6 Å². The molecule has 9 nitrogen and oxygen atoms in total. The van der Waals surface area contributed by atoms with E-state index < -0.39 is 22.2 Å². The fraction of sp³-hybridized carbons (Fsp3) is 0.381. The molecule has 11 heteroatoms. The van der Waals surface area contributed by atoms with Gasteiger partial charge in [0.05, 0.1) is 41.6 Å². The quantitative estimate of drug-likeness (QED) is 0.510. The van der Waals surface area contributed by atoms with E-state index >= 15 is 0 Å². The molecule has 170 valence electrons. The Labute approximate surface area is 191 Å². The van der Waals surface area contributed by atoms with E-state index in [1.807, 2.05) is 24.4 Å². The number of hydrogen-bond donors (Lipinski definition) is 2. The molecular weight excluding hydrogens is 454 g/mol. The molecule has 4 rings (SSSR count). The standard InChI is InChI=1S/C21H24ClN5O4S/c22-15-4-3-5-17(12-15)32(29,30)25-19-8-7-16(31-21(19)14-28)9-11-27-13-20(24-26-27)18-6-1-2-10-23-18/h1-6,10,12-13,16,19,21,25,28H,7-9,11,14H2/t16-,19+,21-/m0/s1. The molecule has 2 aromatic heterocycles. The molecule has 3 atom stereocenters. The monoisotopic (exact) mass is 477 g/mol. The number of benzene rings is 1. The van der Waals surface area contributed by atoms with Crippen molar-refractivity contribution in [3.8, 4) is 11.4 Å². The molecule has 3 heterocycles. The normalized spacial score (nSPS) is 21.5. The van der Waals surface area contributed by atoms with Crippen LogP contribution in [0.5, 0.6) is 0 Å². The lowest BCUT2D eigenvalue weighted by Gasteiger charge is -2.36. The number of nitrogens with zero attached hydrogens (tertiary/aromatic N) is 4. The van der Waals surface area contributed by atoms with Crippen molar-refractivity contribution in [3.05, 3.63) is 59.9 Å². The summed E-state index contributed by atoms with van der Waals surface area (Å²) >= 11 is 5.92. The molecule has 32 heavy (non-hydrogen) atoms. The molecule has 1 aromatic carbocycles. The first-order valence-corrected chi connectivity index (χ1v) is 12.2. The molecule has 1 fully saturated rings. The second kappa shape index (κ2) is 10.1. The number of pyridine rings is 1. The Morgan fingerprint density at radius 3 is 2.81 bits per heavy atom. The van der Waals surface area contributed by atoms with Gasteiger partial charge in [-0.05, 0) is 49.6 Å². The molecule has 1 aliphatic rings. The highest BCUT2D eigenvalue weighted by Crippen LogP contribution is 2.25. The Balaban J connectivity index is 1.33. The fourth-order valence-corrected chi connectivity index (χ4v) is 5.30. The van der Waals surface area contributed by atoms with Crippen LogP contribution in [-0.4, -0.2) is 58.4 Å². The smallest absolute Gasteiger partial charge is 0.240 e. The third-order valence-corrected chi connectivity index (χ3v) is 7.08. The van der Waals surface area contributed by atoms with Crippen molar-refractivity contribution < 1.29 is 18.3 Å². The molecule has 0 bridgehead atoms. The highest BCUT2D eigenvalue weighted by atomic mass is 35.5. The number of rotatable bonds is 8. The molecule has 0 aliphatic carbocycles. The molecule has 0 radical (unpaired) electrons. The molecule has 0 unspecified atom stereocenters. The maximum atomic E-state index is 12.7. The van der Waals surface area contributed by atoms with Gasteiger partial charge >= 0.3 is 0 Å². The summed E-state index contributed by atoms with van der Waals surface area (Å²) in [4.78, 5) is 4.35. The van der Waals surface area contributed by atoms with E-state index in [1.54, 1.807) is 23.0 Å². The summed E-state index contributed by atoms with van der Waals surface area (Å²) in [5.74, 6) is 0. The highest BCUT2D eigenvalue weighted by Gasteiger charge is 2.34. The maximum absolute atomic E-state index is 12.7. The SMILES string of the molecule is O=S(=O)(N[C@@H]1CC[C@@H](CCn2cc(-c3ccccn3)nn2)O[C@H]1CO)c1cccc(Cl)c1. The summed E-state index contributed by atoms with van der Waals surface area (Å²) in [6.45, 7) is 0.300. The molecule has 1 saturated heterocycles.